The minimum absolute atomic E-state index is 0.389. The molecule has 0 spiro atoms. The summed E-state index contributed by atoms with van der Waals surface area (Å²) < 4.78 is 39.1. The number of benzene rings is 5. The van der Waals surface area contributed by atoms with E-state index in [0.717, 1.165) is 109 Å². The van der Waals surface area contributed by atoms with Crippen molar-refractivity contribution in [2.24, 2.45) is 0 Å². The fraction of sp³-hybridized carbons (Fsp3) is 0.378. The van der Waals surface area contributed by atoms with E-state index in [2.05, 4.69) is 76.2 Å². The summed E-state index contributed by atoms with van der Waals surface area (Å²) in [6.07, 6.45) is 12.8. The van der Waals surface area contributed by atoms with Crippen LogP contribution in [0.4, 0.5) is 0 Å². The van der Waals surface area contributed by atoms with Crippen LogP contribution < -0.4 is 15.9 Å². The van der Waals surface area contributed by atoms with Crippen LogP contribution in [0.3, 0.4) is 0 Å². The molecule has 5 aromatic carbocycles. The molecule has 0 aromatic heterocycles. The van der Waals surface area contributed by atoms with E-state index in [-0.39, 0.29) is 0 Å². The summed E-state index contributed by atoms with van der Waals surface area (Å²) in [7, 11) is -4.36. The Morgan fingerprint density at radius 2 is 0.840 bits per heavy atom. The molecular weight excluding hydrogens is 652 g/mol. The molecule has 5 aromatic rings. The zero-order chi connectivity index (χ0) is 35.5. The quantitative estimate of drug-likeness (QED) is 0.0633. The molecule has 5 heteroatoms. The molecule has 0 heterocycles. The van der Waals surface area contributed by atoms with E-state index in [4.69, 9.17) is 3.97 Å². The first-order valence-electron chi connectivity index (χ1n) is 19.1. The Morgan fingerprint density at radius 1 is 0.460 bits per heavy atom. The summed E-state index contributed by atoms with van der Waals surface area (Å²) in [4.78, 5) is 0.389. The third-order valence-corrected chi connectivity index (χ3v) is 19.1. The molecule has 0 aliphatic heterocycles. The number of fused-ring (bicyclic) bond motifs is 1. The van der Waals surface area contributed by atoms with Gasteiger partial charge in [-0.2, -0.15) is 0 Å². The zero-order valence-corrected chi connectivity index (χ0v) is 32.5. The summed E-state index contributed by atoms with van der Waals surface area (Å²) in [5.74, 6) is 0. The van der Waals surface area contributed by atoms with Gasteiger partial charge in [0.2, 0.25) is 0 Å². The number of rotatable bonds is 19. The van der Waals surface area contributed by atoms with Gasteiger partial charge in [0.15, 0.2) is 0 Å². The Hall–Kier alpha value is -3.30. The molecule has 0 unspecified atom stereocenters. The van der Waals surface area contributed by atoms with Crippen molar-refractivity contribution in [2.75, 3.05) is 6.16 Å². The van der Waals surface area contributed by atoms with Gasteiger partial charge in [-0.1, -0.05) is 0 Å². The molecule has 0 aliphatic carbocycles. The predicted octanol–water partition coefficient (Wildman–Crippen LogP) is 11.2. The van der Waals surface area contributed by atoms with Gasteiger partial charge in [0.1, 0.15) is 0 Å². The van der Waals surface area contributed by atoms with Gasteiger partial charge < -0.3 is 0 Å². The Kier molecular flexibility index (Phi) is 13.1. The first-order chi connectivity index (χ1) is 24.4. The van der Waals surface area contributed by atoms with Gasteiger partial charge in [-0.25, -0.2) is 0 Å². The van der Waals surface area contributed by atoms with Crippen molar-refractivity contribution in [3.05, 3.63) is 132 Å². The minimum atomic E-state index is -4.36. The van der Waals surface area contributed by atoms with Gasteiger partial charge in [0, 0.05) is 0 Å². The second-order valence-electron chi connectivity index (χ2n) is 13.7. The Labute approximate surface area is 302 Å². The Morgan fingerprint density at radius 3 is 1.26 bits per heavy atom. The molecule has 0 atom stereocenters. The van der Waals surface area contributed by atoms with Gasteiger partial charge in [0.05, 0.1) is 0 Å². The Balaban J connectivity index is 1.90. The summed E-state index contributed by atoms with van der Waals surface area (Å²) >= 11 is 0. The first-order valence-corrected chi connectivity index (χ1v) is 22.8. The number of unbranched alkanes of at least 4 members (excludes halogenated alkanes) is 6. The maximum absolute atomic E-state index is 15.9. The molecule has 3 nitrogen and oxygen atoms in total. The molecule has 0 fully saturated rings. The molecule has 266 valence electrons. The van der Waals surface area contributed by atoms with Crippen LogP contribution in [0, 0.1) is 0 Å². The van der Waals surface area contributed by atoms with Gasteiger partial charge in [-0.05, 0) is 0 Å². The van der Waals surface area contributed by atoms with Gasteiger partial charge in [-0.15, -0.1) is 0 Å². The van der Waals surface area contributed by atoms with Crippen molar-refractivity contribution < 1.29 is 12.4 Å². The van der Waals surface area contributed by atoms with E-state index in [0.29, 0.717) is 11.1 Å². The van der Waals surface area contributed by atoms with E-state index in [1.165, 1.54) is 11.1 Å². The maximum atomic E-state index is 15.9. The summed E-state index contributed by atoms with van der Waals surface area (Å²) in [5.41, 5.74) is 3.59. The van der Waals surface area contributed by atoms with Crippen molar-refractivity contribution in [3.63, 3.8) is 0 Å². The molecular formula is C45H57O3PS. The number of hydrogen-bond donors (Lipinski definition) is 0. The first kappa shape index (κ1) is 37.9. The van der Waals surface area contributed by atoms with E-state index in [1.54, 1.807) is 0 Å². The van der Waals surface area contributed by atoms with E-state index >= 15 is 8.42 Å². The molecule has 0 amide bonds. The SMILES string of the molecule is CCCCCc1c(CCCCC)c(S(=O)(=O)OP(CC)(c2ccccc2)(c2ccccc2)c2ccccc2)c2ccccc2c1CCCCC. The van der Waals surface area contributed by atoms with Crippen LogP contribution in [-0.4, -0.2) is 14.6 Å². The van der Waals surface area contributed by atoms with Crippen LogP contribution in [0.2, 0.25) is 0 Å². The van der Waals surface area contributed by atoms with Crippen LogP contribution in [0.1, 0.15) is 102 Å². The van der Waals surface area contributed by atoms with Crippen LogP contribution in [0.15, 0.2) is 120 Å². The Bertz CT molecular complexity index is 1820. The summed E-state index contributed by atoms with van der Waals surface area (Å²) in [6.45, 7) is 4.67. The van der Waals surface area contributed by atoms with Crippen molar-refractivity contribution in [1.82, 2.24) is 0 Å². The number of aryl methyl sites for hydroxylation is 1. The van der Waals surface area contributed by atoms with Crippen LogP contribution in [-0.2, 0) is 33.4 Å². The van der Waals surface area contributed by atoms with Crippen molar-refractivity contribution >= 4 is 43.6 Å². The van der Waals surface area contributed by atoms with Gasteiger partial charge >= 0.3 is 304 Å². The average molecular weight is 709 g/mol. The molecule has 0 radical (unpaired) electrons. The van der Waals surface area contributed by atoms with E-state index in [9.17, 15) is 0 Å². The van der Waals surface area contributed by atoms with Crippen LogP contribution in [0.25, 0.3) is 10.8 Å². The third-order valence-electron chi connectivity index (χ3n) is 10.6. The van der Waals surface area contributed by atoms with Crippen LogP contribution >= 0.6 is 6.83 Å². The fourth-order valence-electron chi connectivity index (χ4n) is 8.04. The average Bonchev–Trinajstić information content (AvgIpc) is 3.16. The third kappa shape index (κ3) is 7.36. The molecule has 5 rings (SSSR count). The zero-order valence-electron chi connectivity index (χ0n) is 30.7. The summed E-state index contributed by atoms with van der Waals surface area (Å²) in [6, 6.07) is 38.7. The summed E-state index contributed by atoms with van der Waals surface area (Å²) in [5, 5.41) is 4.61. The molecule has 0 bridgehead atoms. The van der Waals surface area contributed by atoms with E-state index in [1.807, 2.05) is 66.7 Å². The second kappa shape index (κ2) is 17.3. The van der Waals surface area contributed by atoms with E-state index < -0.39 is 16.9 Å². The monoisotopic (exact) mass is 708 g/mol. The molecule has 50 heavy (non-hydrogen) atoms. The topological polar surface area (TPSA) is 43.4 Å². The fourth-order valence-corrected chi connectivity index (χ4v) is 16.9. The number of hydrogen-bond acceptors (Lipinski definition) is 3. The molecule has 0 aliphatic rings. The van der Waals surface area contributed by atoms with Crippen LogP contribution in [0.5, 0.6) is 0 Å². The second-order valence-corrected chi connectivity index (χ2v) is 20.3. The molecule has 0 N–H and O–H groups in total. The standard InChI is InChI=1S/C45H57O3PS/c1-5-9-15-32-40-41(33-16-10-6-2)43(35-17-11-7-3)45(44-36-25-24-34-42(40)44)50(46,47)48-49(8-4,37-26-18-12-19-27-37,38-28-20-13-21-29-38)39-30-22-14-23-31-39/h12-14,18-31,34,36H,5-11,15-17,32-33,35H2,1-4H3. The molecule has 0 saturated carbocycles. The predicted molar refractivity (Wildman–Crippen MR) is 218 cm³/mol. The van der Waals surface area contributed by atoms with Crippen molar-refractivity contribution in [3.8, 4) is 0 Å². The van der Waals surface area contributed by atoms with Gasteiger partial charge in [0.25, 0.3) is 0 Å². The van der Waals surface area contributed by atoms with Crippen molar-refractivity contribution in [1.29, 1.82) is 0 Å². The van der Waals surface area contributed by atoms with Gasteiger partial charge in [-0.3, -0.25) is 0 Å². The normalized spacial score (nSPS) is 12.9. The molecule has 0 saturated heterocycles. The van der Waals surface area contributed by atoms with Crippen molar-refractivity contribution in [2.45, 2.75) is 110 Å².